The molecule has 110 valence electrons. The van der Waals surface area contributed by atoms with Gasteiger partial charge in [-0.3, -0.25) is 4.79 Å². The van der Waals surface area contributed by atoms with E-state index < -0.39 is 24.4 Å². The van der Waals surface area contributed by atoms with E-state index >= 15 is 0 Å². The Hall–Kier alpha value is -2.31. The topological polar surface area (TPSA) is 78.9 Å². The molecule has 0 spiro atoms. The molecule has 1 rings (SSSR count). The number of nitrogens with one attached hydrogen (secondary N) is 1. The minimum Gasteiger partial charge on any atom is -0.494 e. The summed E-state index contributed by atoms with van der Waals surface area (Å²) in [5.41, 5.74) is 0.236. The van der Waals surface area contributed by atoms with Crippen molar-refractivity contribution in [3.63, 3.8) is 0 Å². The number of anilines is 1. The van der Waals surface area contributed by atoms with Crippen LogP contribution < -0.4 is 10.1 Å². The predicted octanol–water partition coefficient (Wildman–Crippen LogP) is 2.16. The highest BCUT2D eigenvalue weighted by Gasteiger charge is 2.16. The van der Waals surface area contributed by atoms with Crippen LogP contribution in [0.2, 0.25) is 0 Å². The molecule has 6 nitrogen and oxygen atoms in total. The predicted molar refractivity (Wildman–Crippen MR) is 71.5 cm³/mol. The number of benzene rings is 1. The molecule has 20 heavy (non-hydrogen) atoms. The quantitative estimate of drug-likeness (QED) is 0.839. The lowest BCUT2D eigenvalue weighted by molar-refractivity contribution is -0.137. The van der Waals surface area contributed by atoms with Gasteiger partial charge in [0.05, 0.1) is 7.11 Å². The molecule has 0 unspecified atom stereocenters. The highest BCUT2D eigenvalue weighted by molar-refractivity contribution is 5.91. The molecule has 0 aliphatic rings. The number of rotatable bonds is 6. The SMILES string of the molecule is CCCN(CC(=O)O)C(=O)Nc1ccc(OC)c(F)c1. The van der Waals surface area contributed by atoms with Crippen molar-refractivity contribution in [1.29, 1.82) is 0 Å². The second kappa shape index (κ2) is 7.32. The highest BCUT2D eigenvalue weighted by atomic mass is 19.1. The van der Waals surface area contributed by atoms with E-state index in [4.69, 9.17) is 9.84 Å². The van der Waals surface area contributed by atoms with Crippen LogP contribution in [-0.4, -0.2) is 42.2 Å². The molecule has 0 saturated heterocycles. The van der Waals surface area contributed by atoms with Crippen LogP contribution in [0.3, 0.4) is 0 Å². The van der Waals surface area contributed by atoms with Gasteiger partial charge in [0.2, 0.25) is 0 Å². The molecular weight excluding hydrogens is 267 g/mol. The minimum atomic E-state index is -1.10. The van der Waals surface area contributed by atoms with Crippen molar-refractivity contribution in [1.82, 2.24) is 4.90 Å². The summed E-state index contributed by atoms with van der Waals surface area (Å²) in [6.07, 6.45) is 0.623. The monoisotopic (exact) mass is 284 g/mol. The molecule has 0 heterocycles. The van der Waals surface area contributed by atoms with Gasteiger partial charge in [0, 0.05) is 18.3 Å². The summed E-state index contributed by atoms with van der Waals surface area (Å²) < 4.78 is 18.2. The first kappa shape index (κ1) is 15.7. The first-order chi connectivity index (χ1) is 9.47. The Morgan fingerprint density at radius 1 is 1.45 bits per heavy atom. The molecule has 0 fully saturated rings. The van der Waals surface area contributed by atoms with Crippen LogP contribution in [0, 0.1) is 5.82 Å². The van der Waals surface area contributed by atoms with Gasteiger partial charge in [0.15, 0.2) is 11.6 Å². The van der Waals surface area contributed by atoms with Crippen LogP contribution in [-0.2, 0) is 4.79 Å². The summed E-state index contributed by atoms with van der Waals surface area (Å²) in [5, 5.41) is 11.2. The fraction of sp³-hybridized carbons (Fsp3) is 0.385. The maximum absolute atomic E-state index is 13.5. The van der Waals surface area contributed by atoms with E-state index in [1.54, 1.807) is 0 Å². The Balaban J connectivity index is 2.76. The van der Waals surface area contributed by atoms with Crippen LogP contribution in [0.1, 0.15) is 13.3 Å². The largest absolute Gasteiger partial charge is 0.494 e. The van der Waals surface area contributed by atoms with Gasteiger partial charge < -0.3 is 20.1 Å². The summed E-state index contributed by atoms with van der Waals surface area (Å²) in [7, 11) is 1.34. The molecule has 0 bridgehead atoms. The van der Waals surface area contributed by atoms with E-state index in [2.05, 4.69) is 5.32 Å². The summed E-state index contributed by atoms with van der Waals surface area (Å²) >= 11 is 0. The number of hydrogen-bond acceptors (Lipinski definition) is 3. The van der Waals surface area contributed by atoms with Crippen LogP contribution in [0.25, 0.3) is 0 Å². The third-order valence-corrected chi connectivity index (χ3v) is 2.51. The number of aliphatic carboxylic acids is 1. The number of amides is 2. The standard InChI is InChI=1S/C13H17FN2O4/c1-3-6-16(8-12(17)18)13(19)15-9-4-5-11(20-2)10(14)7-9/h4-5,7H,3,6,8H2,1-2H3,(H,15,19)(H,17,18). The van der Waals surface area contributed by atoms with Gasteiger partial charge in [-0.25, -0.2) is 9.18 Å². The van der Waals surface area contributed by atoms with E-state index in [9.17, 15) is 14.0 Å². The Bertz CT molecular complexity index is 493. The lowest BCUT2D eigenvalue weighted by atomic mass is 10.3. The van der Waals surface area contributed by atoms with E-state index in [-0.39, 0.29) is 11.4 Å². The molecule has 7 heteroatoms. The van der Waals surface area contributed by atoms with E-state index in [1.807, 2.05) is 6.92 Å². The number of urea groups is 1. The van der Waals surface area contributed by atoms with Gasteiger partial charge in [-0.15, -0.1) is 0 Å². The lowest BCUT2D eigenvalue weighted by Gasteiger charge is -2.20. The average Bonchev–Trinajstić information content (AvgIpc) is 2.38. The summed E-state index contributed by atoms with van der Waals surface area (Å²) in [6.45, 7) is 1.73. The van der Waals surface area contributed by atoms with Crippen molar-refractivity contribution in [2.45, 2.75) is 13.3 Å². The summed E-state index contributed by atoms with van der Waals surface area (Å²) in [6, 6.07) is 3.39. The van der Waals surface area contributed by atoms with E-state index in [1.165, 1.54) is 19.2 Å². The zero-order valence-electron chi connectivity index (χ0n) is 11.4. The fourth-order valence-corrected chi connectivity index (χ4v) is 1.63. The van der Waals surface area contributed by atoms with Crippen LogP contribution >= 0.6 is 0 Å². The van der Waals surface area contributed by atoms with Gasteiger partial charge in [-0.05, 0) is 18.6 Å². The second-order valence-electron chi connectivity index (χ2n) is 4.09. The fourth-order valence-electron chi connectivity index (χ4n) is 1.63. The number of ether oxygens (including phenoxy) is 1. The number of nitrogens with zero attached hydrogens (tertiary/aromatic N) is 1. The molecule has 0 aromatic heterocycles. The van der Waals surface area contributed by atoms with Crippen molar-refractivity contribution in [2.75, 3.05) is 25.5 Å². The van der Waals surface area contributed by atoms with Gasteiger partial charge in [0.1, 0.15) is 6.54 Å². The van der Waals surface area contributed by atoms with Crippen molar-refractivity contribution in [2.24, 2.45) is 0 Å². The molecule has 2 N–H and O–H groups in total. The Morgan fingerprint density at radius 2 is 2.15 bits per heavy atom. The summed E-state index contributed by atoms with van der Waals surface area (Å²) in [4.78, 5) is 23.7. The minimum absolute atomic E-state index is 0.0685. The van der Waals surface area contributed by atoms with E-state index in [0.29, 0.717) is 13.0 Å². The first-order valence-electron chi connectivity index (χ1n) is 6.09. The zero-order valence-corrected chi connectivity index (χ0v) is 11.4. The third kappa shape index (κ3) is 4.42. The second-order valence-corrected chi connectivity index (χ2v) is 4.09. The molecule has 0 radical (unpaired) electrons. The van der Waals surface area contributed by atoms with Gasteiger partial charge >= 0.3 is 12.0 Å². The maximum Gasteiger partial charge on any atom is 0.323 e. The number of halogens is 1. The van der Waals surface area contributed by atoms with Crippen LogP contribution in [0.4, 0.5) is 14.9 Å². The average molecular weight is 284 g/mol. The molecule has 0 atom stereocenters. The third-order valence-electron chi connectivity index (χ3n) is 2.51. The number of hydrogen-bond donors (Lipinski definition) is 2. The van der Waals surface area contributed by atoms with Crippen molar-refractivity contribution < 1.29 is 23.8 Å². The van der Waals surface area contributed by atoms with Crippen molar-refractivity contribution in [3.05, 3.63) is 24.0 Å². The number of carboxylic acids is 1. The highest BCUT2D eigenvalue weighted by Crippen LogP contribution is 2.20. The van der Waals surface area contributed by atoms with E-state index in [0.717, 1.165) is 11.0 Å². The Kier molecular flexibility index (Phi) is 5.76. The molecule has 0 aliphatic carbocycles. The van der Waals surface area contributed by atoms with Gasteiger partial charge in [-0.2, -0.15) is 0 Å². The number of carbonyl (C=O) groups is 2. The normalized spacial score (nSPS) is 9.95. The smallest absolute Gasteiger partial charge is 0.323 e. The maximum atomic E-state index is 13.5. The molecule has 1 aromatic rings. The van der Waals surface area contributed by atoms with Crippen LogP contribution in [0.5, 0.6) is 5.75 Å². The zero-order chi connectivity index (χ0) is 15.1. The molecule has 2 amide bonds. The Morgan fingerprint density at radius 3 is 2.65 bits per heavy atom. The molecular formula is C13H17FN2O4. The number of methoxy groups -OCH3 is 1. The molecule has 1 aromatic carbocycles. The van der Waals surface area contributed by atoms with Crippen molar-refractivity contribution >= 4 is 17.7 Å². The van der Waals surface area contributed by atoms with Crippen LogP contribution in [0.15, 0.2) is 18.2 Å². The summed E-state index contributed by atoms with van der Waals surface area (Å²) in [5.74, 6) is -1.64. The van der Waals surface area contributed by atoms with Gasteiger partial charge in [0.25, 0.3) is 0 Å². The molecule has 0 aliphatic heterocycles. The number of carboxylic acid groups (broad SMARTS) is 1. The lowest BCUT2D eigenvalue weighted by Crippen LogP contribution is -2.39. The number of carbonyl (C=O) groups excluding carboxylic acids is 1. The molecule has 0 saturated carbocycles. The first-order valence-corrected chi connectivity index (χ1v) is 6.09. The van der Waals surface area contributed by atoms with Gasteiger partial charge in [-0.1, -0.05) is 6.92 Å². The van der Waals surface area contributed by atoms with Crippen molar-refractivity contribution in [3.8, 4) is 5.75 Å². The Labute approximate surface area is 116 Å².